The van der Waals surface area contributed by atoms with Gasteiger partial charge in [-0.25, -0.2) is 0 Å². The highest BCUT2D eigenvalue weighted by Gasteiger charge is 2.28. The van der Waals surface area contributed by atoms with Crippen LogP contribution in [0.5, 0.6) is 0 Å². The van der Waals surface area contributed by atoms with E-state index in [9.17, 15) is 4.79 Å². The number of H-pyrrole nitrogens is 1. The highest BCUT2D eigenvalue weighted by molar-refractivity contribution is 7.14. The highest BCUT2D eigenvalue weighted by atomic mass is 32.1. The second-order valence-corrected chi connectivity index (χ2v) is 9.63. The number of carbonyl (C=O) groups is 1. The molecule has 1 aliphatic rings. The molecule has 160 valence electrons. The van der Waals surface area contributed by atoms with E-state index in [1.54, 1.807) is 11.3 Å². The molecule has 1 saturated heterocycles. The van der Waals surface area contributed by atoms with Gasteiger partial charge in [-0.2, -0.15) is 0 Å². The lowest BCUT2D eigenvalue weighted by Crippen LogP contribution is -2.48. The molecule has 3 aromatic heterocycles. The average molecular weight is 433 g/mol. The smallest absolute Gasteiger partial charge is 0.266 e. The summed E-state index contributed by atoms with van der Waals surface area (Å²) in [5.74, 6) is 0.156. The van der Waals surface area contributed by atoms with Gasteiger partial charge in [0.05, 0.1) is 5.69 Å². The standard InChI is InChI=1S/C25H28N4OS/c1-16-8-9-17(2)29(16)23-18(3)19(4)31-24(23)25(30)28-14-12-27(13-15-28)22-7-5-6-21-20(22)10-11-26-21/h5-11,26H,12-15H2,1-4H3. The summed E-state index contributed by atoms with van der Waals surface area (Å²) in [6.45, 7) is 11.6. The van der Waals surface area contributed by atoms with Gasteiger partial charge in [0.15, 0.2) is 0 Å². The van der Waals surface area contributed by atoms with Crippen molar-refractivity contribution in [1.29, 1.82) is 0 Å². The minimum atomic E-state index is 0.156. The maximum absolute atomic E-state index is 13.6. The third-order valence-electron chi connectivity index (χ3n) is 6.52. The van der Waals surface area contributed by atoms with E-state index in [2.05, 4.69) is 78.5 Å². The molecular formula is C25H28N4OS. The van der Waals surface area contributed by atoms with Gasteiger partial charge < -0.3 is 19.4 Å². The summed E-state index contributed by atoms with van der Waals surface area (Å²) in [5.41, 5.74) is 6.99. The van der Waals surface area contributed by atoms with Gasteiger partial charge in [-0.05, 0) is 63.6 Å². The number of thiophene rings is 1. The number of hydrogen-bond acceptors (Lipinski definition) is 3. The van der Waals surface area contributed by atoms with E-state index in [4.69, 9.17) is 0 Å². The molecule has 0 saturated carbocycles. The summed E-state index contributed by atoms with van der Waals surface area (Å²) in [4.78, 5) is 23.4. The second kappa shape index (κ2) is 7.61. The molecule has 6 heteroatoms. The van der Waals surface area contributed by atoms with Crippen LogP contribution in [0.25, 0.3) is 16.6 Å². The van der Waals surface area contributed by atoms with Crippen molar-refractivity contribution in [2.24, 2.45) is 0 Å². The minimum Gasteiger partial charge on any atom is -0.367 e. The third kappa shape index (κ3) is 3.26. The van der Waals surface area contributed by atoms with Gasteiger partial charge in [-0.3, -0.25) is 4.79 Å². The third-order valence-corrected chi connectivity index (χ3v) is 7.71. The Hall–Kier alpha value is -2.99. The van der Waals surface area contributed by atoms with Crippen LogP contribution in [0.2, 0.25) is 0 Å². The van der Waals surface area contributed by atoms with Gasteiger partial charge >= 0.3 is 0 Å². The van der Waals surface area contributed by atoms with Gasteiger partial charge in [0, 0.05) is 65.2 Å². The number of nitrogens with zero attached hydrogens (tertiary/aromatic N) is 3. The van der Waals surface area contributed by atoms with E-state index < -0.39 is 0 Å². The van der Waals surface area contributed by atoms with Crippen molar-refractivity contribution >= 4 is 33.8 Å². The number of benzene rings is 1. The Morgan fingerprint density at radius 3 is 2.35 bits per heavy atom. The lowest BCUT2D eigenvalue weighted by Gasteiger charge is -2.36. The number of amides is 1. The Morgan fingerprint density at radius 2 is 1.65 bits per heavy atom. The molecule has 0 aliphatic carbocycles. The Labute approximate surface area is 186 Å². The number of hydrogen-bond donors (Lipinski definition) is 1. The van der Waals surface area contributed by atoms with Crippen molar-refractivity contribution in [3.8, 4) is 5.69 Å². The fourth-order valence-corrected chi connectivity index (χ4v) is 5.80. The zero-order valence-electron chi connectivity index (χ0n) is 18.5. The number of fused-ring (bicyclic) bond motifs is 1. The van der Waals surface area contributed by atoms with Crippen LogP contribution in [-0.2, 0) is 0 Å². The molecule has 1 aromatic carbocycles. The van der Waals surface area contributed by atoms with Crippen LogP contribution in [0.3, 0.4) is 0 Å². The van der Waals surface area contributed by atoms with E-state index in [0.717, 1.165) is 53.6 Å². The lowest BCUT2D eigenvalue weighted by molar-refractivity contribution is 0.0751. The molecule has 31 heavy (non-hydrogen) atoms. The van der Waals surface area contributed by atoms with Crippen LogP contribution in [0.15, 0.2) is 42.6 Å². The highest BCUT2D eigenvalue weighted by Crippen LogP contribution is 2.34. The van der Waals surface area contributed by atoms with E-state index in [1.165, 1.54) is 21.5 Å². The summed E-state index contributed by atoms with van der Waals surface area (Å²) >= 11 is 1.63. The summed E-state index contributed by atoms with van der Waals surface area (Å²) in [6, 6.07) is 12.7. The van der Waals surface area contributed by atoms with E-state index in [1.807, 2.05) is 11.1 Å². The molecule has 0 bridgehead atoms. The van der Waals surface area contributed by atoms with Crippen LogP contribution in [-0.4, -0.2) is 46.5 Å². The Kier molecular flexibility index (Phi) is 4.89. The summed E-state index contributed by atoms with van der Waals surface area (Å²) in [7, 11) is 0. The molecule has 0 radical (unpaired) electrons. The van der Waals surface area contributed by atoms with Gasteiger partial charge in [-0.15, -0.1) is 11.3 Å². The van der Waals surface area contributed by atoms with Crippen LogP contribution < -0.4 is 4.90 Å². The first-order valence-corrected chi connectivity index (χ1v) is 11.6. The monoisotopic (exact) mass is 432 g/mol. The van der Waals surface area contributed by atoms with Crippen LogP contribution in [0.1, 0.15) is 31.5 Å². The molecule has 5 rings (SSSR count). The molecule has 4 aromatic rings. The quantitative estimate of drug-likeness (QED) is 0.483. The summed E-state index contributed by atoms with van der Waals surface area (Å²) < 4.78 is 2.23. The Bertz CT molecular complexity index is 1250. The maximum atomic E-state index is 13.6. The lowest BCUT2D eigenvalue weighted by atomic mass is 10.1. The van der Waals surface area contributed by atoms with Crippen molar-refractivity contribution in [3.63, 3.8) is 0 Å². The number of carbonyl (C=O) groups excluding carboxylic acids is 1. The number of aromatic amines is 1. The van der Waals surface area contributed by atoms with Crippen LogP contribution in [0, 0.1) is 27.7 Å². The predicted molar refractivity (Wildman–Crippen MR) is 129 cm³/mol. The topological polar surface area (TPSA) is 44.3 Å². The molecule has 4 heterocycles. The number of rotatable bonds is 3. The van der Waals surface area contributed by atoms with Crippen LogP contribution >= 0.6 is 11.3 Å². The Balaban J connectivity index is 1.41. The summed E-state index contributed by atoms with van der Waals surface area (Å²) in [6.07, 6.45) is 1.99. The van der Waals surface area contributed by atoms with Gasteiger partial charge in [-0.1, -0.05) is 6.07 Å². The van der Waals surface area contributed by atoms with Crippen molar-refractivity contribution in [3.05, 3.63) is 69.3 Å². The fraction of sp³-hybridized carbons (Fsp3) is 0.320. The number of nitrogens with one attached hydrogen (secondary N) is 1. The zero-order chi connectivity index (χ0) is 21.7. The molecule has 1 amide bonds. The number of aromatic nitrogens is 2. The second-order valence-electron chi connectivity index (χ2n) is 8.41. The first kappa shape index (κ1) is 19.9. The summed E-state index contributed by atoms with van der Waals surface area (Å²) in [5, 5.41) is 1.24. The van der Waals surface area contributed by atoms with E-state index in [-0.39, 0.29) is 5.91 Å². The van der Waals surface area contributed by atoms with Crippen LogP contribution in [0.4, 0.5) is 5.69 Å². The molecule has 0 unspecified atom stereocenters. The Morgan fingerprint density at radius 1 is 0.935 bits per heavy atom. The number of piperazine rings is 1. The minimum absolute atomic E-state index is 0.156. The van der Waals surface area contributed by atoms with Crippen molar-refractivity contribution in [2.75, 3.05) is 31.1 Å². The largest absolute Gasteiger partial charge is 0.367 e. The molecular weight excluding hydrogens is 404 g/mol. The van der Waals surface area contributed by atoms with Gasteiger partial charge in [0.2, 0.25) is 0 Å². The maximum Gasteiger partial charge on any atom is 0.266 e. The molecule has 5 nitrogen and oxygen atoms in total. The fourth-order valence-electron chi connectivity index (χ4n) is 4.69. The van der Waals surface area contributed by atoms with Crippen molar-refractivity contribution in [2.45, 2.75) is 27.7 Å². The molecule has 0 spiro atoms. The van der Waals surface area contributed by atoms with Crippen molar-refractivity contribution < 1.29 is 4.79 Å². The van der Waals surface area contributed by atoms with Gasteiger partial charge in [0.25, 0.3) is 5.91 Å². The number of anilines is 1. The number of aryl methyl sites for hydroxylation is 3. The zero-order valence-corrected chi connectivity index (χ0v) is 19.3. The average Bonchev–Trinajstić information content (AvgIpc) is 3.46. The van der Waals surface area contributed by atoms with Crippen molar-refractivity contribution in [1.82, 2.24) is 14.5 Å². The molecule has 1 fully saturated rings. The molecule has 0 atom stereocenters. The normalized spacial score (nSPS) is 14.6. The van der Waals surface area contributed by atoms with E-state index in [0.29, 0.717) is 0 Å². The predicted octanol–water partition coefficient (Wildman–Crippen LogP) is 5.22. The molecule has 1 N–H and O–H groups in total. The molecule has 1 aliphatic heterocycles. The van der Waals surface area contributed by atoms with E-state index >= 15 is 0 Å². The first-order chi connectivity index (χ1) is 15.0. The van der Waals surface area contributed by atoms with Gasteiger partial charge in [0.1, 0.15) is 4.88 Å². The first-order valence-electron chi connectivity index (χ1n) is 10.8. The SMILES string of the molecule is Cc1sc(C(=O)N2CCN(c3cccc4[nH]ccc34)CC2)c(-n2c(C)ccc2C)c1C.